The van der Waals surface area contributed by atoms with E-state index in [0.29, 0.717) is 17.8 Å². The van der Waals surface area contributed by atoms with E-state index in [-0.39, 0.29) is 11.0 Å². The van der Waals surface area contributed by atoms with Crippen molar-refractivity contribution in [3.63, 3.8) is 0 Å². The predicted octanol–water partition coefficient (Wildman–Crippen LogP) is 2.29. The molecule has 6 heteroatoms. The third-order valence-electron chi connectivity index (χ3n) is 4.67. The van der Waals surface area contributed by atoms with Crippen LogP contribution >= 0.6 is 0 Å². The molecule has 1 aromatic rings. The van der Waals surface area contributed by atoms with Crippen LogP contribution < -0.4 is 5.32 Å². The van der Waals surface area contributed by atoms with Crippen molar-refractivity contribution in [3.05, 3.63) is 52.2 Å². The molecule has 6 nitrogen and oxygen atoms in total. The lowest BCUT2D eigenvalue weighted by Gasteiger charge is -2.52. The Bertz CT molecular complexity index is 538. The zero-order valence-electron chi connectivity index (χ0n) is 12.1. The first-order chi connectivity index (χ1) is 10.2. The highest BCUT2D eigenvalue weighted by Crippen LogP contribution is 2.48. The number of aromatic nitrogens is 1. The van der Waals surface area contributed by atoms with Crippen molar-refractivity contribution in [3.8, 4) is 0 Å². The Hall–Kier alpha value is -2.11. The van der Waals surface area contributed by atoms with Crippen LogP contribution in [0.3, 0.4) is 0 Å². The summed E-state index contributed by atoms with van der Waals surface area (Å²) < 4.78 is 0. The summed E-state index contributed by atoms with van der Waals surface area (Å²) in [6.07, 6.45) is 9.34. The number of pyridine rings is 1. The van der Waals surface area contributed by atoms with Crippen LogP contribution in [0.4, 0.5) is 0 Å². The second-order valence-corrected chi connectivity index (χ2v) is 5.76. The molecule has 2 bridgehead atoms. The third kappa shape index (κ3) is 2.57. The molecular formula is C15H20N4O2. The minimum absolute atomic E-state index is 0.185. The summed E-state index contributed by atoms with van der Waals surface area (Å²) in [6.45, 7) is 0. The fourth-order valence-corrected chi connectivity index (χ4v) is 3.84. The molecule has 0 aromatic carbocycles. The molecule has 2 aliphatic heterocycles. The zero-order chi connectivity index (χ0) is 14.8. The summed E-state index contributed by atoms with van der Waals surface area (Å²) >= 11 is 0. The number of piperidine rings is 2. The van der Waals surface area contributed by atoms with Gasteiger partial charge in [0.15, 0.2) is 5.82 Å². The third-order valence-corrected chi connectivity index (χ3v) is 4.67. The molecule has 1 saturated carbocycles. The Kier molecular flexibility index (Phi) is 3.77. The molecule has 3 heterocycles. The topological polar surface area (TPSA) is 71.3 Å². The van der Waals surface area contributed by atoms with Crippen molar-refractivity contribution in [1.82, 2.24) is 15.2 Å². The van der Waals surface area contributed by atoms with E-state index >= 15 is 0 Å². The highest BCUT2D eigenvalue weighted by Gasteiger charge is 2.43. The lowest BCUT2D eigenvalue weighted by molar-refractivity contribution is -0.405. The van der Waals surface area contributed by atoms with E-state index in [4.69, 9.17) is 0 Å². The maximum atomic E-state index is 10.9. The SMILES string of the molecule is CN/C(=C\[N+](=O)[O-])N1C2CCC(CC2)C1c1cccnc1. The average Bonchev–Trinajstić information content (AvgIpc) is 2.53. The van der Waals surface area contributed by atoms with Gasteiger partial charge in [0, 0.05) is 25.5 Å². The van der Waals surface area contributed by atoms with Gasteiger partial charge in [-0.1, -0.05) is 6.07 Å². The van der Waals surface area contributed by atoms with Gasteiger partial charge < -0.3 is 10.2 Å². The lowest BCUT2D eigenvalue weighted by Crippen LogP contribution is -2.51. The van der Waals surface area contributed by atoms with Gasteiger partial charge in [-0.05, 0) is 43.2 Å². The molecule has 0 spiro atoms. The van der Waals surface area contributed by atoms with Crippen molar-refractivity contribution >= 4 is 0 Å². The molecule has 3 fully saturated rings. The van der Waals surface area contributed by atoms with Crippen molar-refractivity contribution in [2.75, 3.05) is 7.05 Å². The molecule has 21 heavy (non-hydrogen) atoms. The largest absolute Gasteiger partial charge is 0.370 e. The average molecular weight is 288 g/mol. The minimum Gasteiger partial charge on any atom is -0.370 e. The summed E-state index contributed by atoms with van der Waals surface area (Å²) in [7, 11) is 1.75. The van der Waals surface area contributed by atoms with Gasteiger partial charge in [-0.15, -0.1) is 0 Å². The molecule has 1 aliphatic carbocycles. The summed E-state index contributed by atoms with van der Waals surface area (Å²) in [5.41, 5.74) is 1.15. The van der Waals surface area contributed by atoms with Crippen LogP contribution in [0.15, 0.2) is 36.5 Å². The van der Waals surface area contributed by atoms with E-state index in [1.807, 2.05) is 12.3 Å². The fraction of sp³-hybridized carbons (Fsp3) is 0.533. The van der Waals surface area contributed by atoms with E-state index < -0.39 is 0 Å². The molecule has 1 aromatic heterocycles. The first-order valence-corrected chi connectivity index (χ1v) is 7.42. The van der Waals surface area contributed by atoms with E-state index in [0.717, 1.165) is 24.6 Å². The quantitative estimate of drug-likeness (QED) is 0.680. The van der Waals surface area contributed by atoms with Crippen molar-refractivity contribution in [1.29, 1.82) is 0 Å². The zero-order valence-corrected chi connectivity index (χ0v) is 12.1. The van der Waals surface area contributed by atoms with Crippen molar-refractivity contribution < 1.29 is 4.92 Å². The Morgan fingerprint density at radius 2 is 2.24 bits per heavy atom. The maximum absolute atomic E-state index is 10.9. The number of hydrogen-bond acceptors (Lipinski definition) is 5. The van der Waals surface area contributed by atoms with Crippen LogP contribution in [-0.4, -0.2) is 27.9 Å². The molecule has 2 saturated heterocycles. The maximum Gasteiger partial charge on any atom is 0.274 e. The molecule has 112 valence electrons. The van der Waals surface area contributed by atoms with Crippen LogP contribution in [0.1, 0.15) is 37.3 Å². The highest BCUT2D eigenvalue weighted by molar-refractivity contribution is 5.21. The van der Waals surface area contributed by atoms with Crippen molar-refractivity contribution in [2.24, 2.45) is 5.92 Å². The van der Waals surface area contributed by atoms with Gasteiger partial charge in [0.2, 0.25) is 0 Å². The van der Waals surface area contributed by atoms with Gasteiger partial charge in [-0.2, -0.15) is 0 Å². The van der Waals surface area contributed by atoms with E-state index in [9.17, 15) is 10.1 Å². The predicted molar refractivity (Wildman–Crippen MR) is 78.7 cm³/mol. The van der Waals surface area contributed by atoms with Crippen LogP contribution in [0, 0.1) is 16.0 Å². The number of fused-ring (bicyclic) bond motifs is 3. The summed E-state index contributed by atoms with van der Waals surface area (Å²) in [5.74, 6) is 1.14. The van der Waals surface area contributed by atoms with Crippen LogP contribution in [0.5, 0.6) is 0 Å². The Labute approximate surface area is 124 Å². The second-order valence-electron chi connectivity index (χ2n) is 5.76. The van der Waals surface area contributed by atoms with Crippen LogP contribution in [-0.2, 0) is 0 Å². The number of hydrogen-bond donors (Lipinski definition) is 1. The van der Waals surface area contributed by atoms with E-state index in [1.54, 1.807) is 13.2 Å². The summed E-state index contributed by atoms with van der Waals surface area (Å²) in [4.78, 5) is 17.0. The first kappa shape index (κ1) is 13.9. The van der Waals surface area contributed by atoms with Gasteiger partial charge in [0.05, 0.1) is 11.0 Å². The molecule has 1 atom stereocenters. The summed E-state index contributed by atoms with van der Waals surface area (Å²) in [6, 6.07) is 4.57. The fourth-order valence-electron chi connectivity index (χ4n) is 3.84. The molecule has 4 rings (SSSR count). The lowest BCUT2D eigenvalue weighted by atomic mass is 9.72. The minimum atomic E-state index is -0.381. The van der Waals surface area contributed by atoms with Gasteiger partial charge in [-0.3, -0.25) is 15.1 Å². The smallest absolute Gasteiger partial charge is 0.274 e. The van der Waals surface area contributed by atoms with Crippen molar-refractivity contribution in [2.45, 2.75) is 37.8 Å². The van der Waals surface area contributed by atoms with E-state index in [1.165, 1.54) is 12.8 Å². The molecule has 0 amide bonds. The van der Waals surface area contributed by atoms with Gasteiger partial charge in [0.1, 0.15) is 0 Å². The molecule has 1 N–H and O–H groups in total. The van der Waals surface area contributed by atoms with Gasteiger partial charge >= 0.3 is 0 Å². The van der Waals surface area contributed by atoms with Gasteiger partial charge in [0.25, 0.3) is 6.20 Å². The molecule has 3 aliphatic rings. The van der Waals surface area contributed by atoms with E-state index in [2.05, 4.69) is 21.3 Å². The normalized spacial score (nSPS) is 28.5. The number of nitrogens with zero attached hydrogens (tertiary/aromatic N) is 3. The number of rotatable bonds is 4. The molecule has 1 unspecified atom stereocenters. The van der Waals surface area contributed by atoms with Crippen LogP contribution in [0.2, 0.25) is 0 Å². The monoisotopic (exact) mass is 288 g/mol. The molecule has 0 radical (unpaired) electrons. The number of nitro groups is 1. The number of nitrogens with one attached hydrogen (secondary N) is 1. The van der Waals surface area contributed by atoms with Gasteiger partial charge in [-0.25, -0.2) is 0 Å². The van der Waals surface area contributed by atoms with Crippen LogP contribution in [0.25, 0.3) is 0 Å². The Morgan fingerprint density at radius 1 is 1.48 bits per heavy atom. The highest BCUT2D eigenvalue weighted by atomic mass is 16.6. The second kappa shape index (κ2) is 5.71. The standard InChI is InChI=1S/C15H20N4O2/c1-16-14(10-18(20)21)19-13-6-4-11(5-7-13)15(19)12-3-2-8-17-9-12/h2-3,8-11,13,15-16H,4-7H2,1H3/b14-10+. The molecular weight excluding hydrogens is 268 g/mol. The Balaban J connectivity index is 2.00. The first-order valence-electron chi connectivity index (χ1n) is 7.42. The Morgan fingerprint density at radius 3 is 2.81 bits per heavy atom. The summed E-state index contributed by atoms with van der Waals surface area (Å²) in [5, 5.41) is 13.9.